The minimum absolute atomic E-state index is 0.0515. The summed E-state index contributed by atoms with van der Waals surface area (Å²) in [6, 6.07) is 5.77. The number of fused-ring (bicyclic) bond motifs is 1. The number of aromatic nitrogens is 1. The molecule has 1 aliphatic rings. The summed E-state index contributed by atoms with van der Waals surface area (Å²) in [4.78, 5) is 18.8. The van der Waals surface area contributed by atoms with Crippen LogP contribution in [0.5, 0.6) is 0 Å². The highest BCUT2D eigenvalue weighted by atomic mass is 19.2. The Labute approximate surface area is 150 Å². The highest BCUT2D eigenvalue weighted by Crippen LogP contribution is 2.26. The second-order valence-electron chi connectivity index (χ2n) is 6.84. The summed E-state index contributed by atoms with van der Waals surface area (Å²) >= 11 is 0. The van der Waals surface area contributed by atoms with Crippen molar-refractivity contribution in [3.05, 3.63) is 42.1 Å². The SMILES string of the molecule is C=C(c1cc2c(F)c(F)ccc2[nH]1)N(C)CC(=O)N1CC(C)CC1C#N. The molecule has 1 saturated heterocycles. The molecule has 0 aliphatic carbocycles. The second kappa shape index (κ2) is 6.79. The highest BCUT2D eigenvalue weighted by Gasteiger charge is 2.33. The summed E-state index contributed by atoms with van der Waals surface area (Å²) in [5.74, 6) is -1.69. The Morgan fingerprint density at radius 3 is 2.92 bits per heavy atom. The first-order valence-electron chi connectivity index (χ1n) is 8.38. The number of likely N-dealkylation sites (tertiary alicyclic amines) is 1. The molecule has 7 heteroatoms. The van der Waals surface area contributed by atoms with Crippen molar-refractivity contribution in [3.63, 3.8) is 0 Å². The fraction of sp³-hybridized carbons (Fsp3) is 0.368. The zero-order chi connectivity index (χ0) is 19.0. The van der Waals surface area contributed by atoms with Crippen molar-refractivity contribution in [2.24, 2.45) is 5.92 Å². The molecule has 0 saturated carbocycles. The Hall–Kier alpha value is -2.88. The average Bonchev–Trinajstić information content (AvgIpc) is 3.21. The van der Waals surface area contributed by atoms with Crippen LogP contribution in [0.3, 0.4) is 0 Å². The molecule has 2 aromatic rings. The molecule has 2 unspecified atom stereocenters. The van der Waals surface area contributed by atoms with Crippen molar-refractivity contribution >= 4 is 22.5 Å². The molecule has 5 nitrogen and oxygen atoms in total. The van der Waals surface area contributed by atoms with E-state index in [-0.39, 0.29) is 17.8 Å². The fourth-order valence-electron chi connectivity index (χ4n) is 3.34. The maximum absolute atomic E-state index is 13.9. The minimum atomic E-state index is -0.917. The summed E-state index contributed by atoms with van der Waals surface area (Å²) < 4.78 is 27.2. The number of hydrogen-bond acceptors (Lipinski definition) is 3. The van der Waals surface area contributed by atoms with E-state index in [1.807, 2.05) is 6.92 Å². The number of H-pyrrole nitrogens is 1. The van der Waals surface area contributed by atoms with Crippen molar-refractivity contribution in [1.82, 2.24) is 14.8 Å². The van der Waals surface area contributed by atoms with Crippen LogP contribution in [0.2, 0.25) is 0 Å². The molecule has 26 heavy (non-hydrogen) atoms. The number of halogens is 2. The zero-order valence-electron chi connectivity index (χ0n) is 14.7. The van der Waals surface area contributed by atoms with E-state index in [2.05, 4.69) is 17.6 Å². The number of carbonyl (C=O) groups excluding carboxylic acids is 1. The minimum Gasteiger partial charge on any atom is -0.364 e. The number of nitriles is 1. The molecule has 1 aliphatic heterocycles. The lowest BCUT2D eigenvalue weighted by atomic mass is 10.1. The maximum atomic E-state index is 13.9. The smallest absolute Gasteiger partial charge is 0.243 e. The largest absolute Gasteiger partial charge is 0.364 e. The van der Waals surface area contributed by atoms with E-state index >= 15 is 0 Å². The number of amides is 1. The van der Waals surface area contributed by atoms with Gasteiger partial charge in [0.2, 0.25) is 5.91 Å². The first kappa shape index (κ1) is 17.9. The van der Waals surface area contributed by atoms with Crippen molar-refractivity contribution in [2.45, 2.75) is 19.4 Å². The van der Waals surface area contributed by atoms with Gasteiger partial charge in [-0.2, -0.15) is 5.26 Å². The normalized spacial score (nSPS) is 19.6. The summed E-state index contributed by atoms with van der Waals surface area (Å²) in [5.41, 5.74) is 1.44. The van der Waals surface area contributed by atoms with E-state index in [0.29, 0.717) is 35.8 Å². The summed E-state index contributed by atoms with van der Waals surface area (Å²) in [6.45, 7) is 6.58. The number of hydrogen-bond donors (Lipinski definition) is 1. The molecule has 2 heterocycles. The zero-order valence-corrected chi connectivity index (χ0v) is 14.7. The topological polar surface area (TPSA) is 63.1 Å². The highest BCUT2D eigenvalue weighted by molar-refractivity contribution is 5.86. The van der Waals surface area contributed by atoms with Gasteiger partial charge in [-0.05, 0) is 30.5 Å². The van der Waals surface area contributed by atoms with E-state index in [1.54, 1.807) is 16.8 Å². The summed E-state index contributed by atoms with van der Waals surface area (Å²) in [7, 11) is 1.70. The number of rotatable bonds is 4. The van der Waals surface area contributed by atoms with Gasteiger partial charge >= 0.3 is 0 Å². The van der Waals surface area contributed by atoms with Crippen LogP contribution >= 0.6 is 0 Å². The first-order chi connectivity index (χ1) is 12.3. The van der Waals surface area contributed by atoms with Crippen LogP contribution < -0.4 is 0 Å². The lowest BCUT2D eigenvalue weighted by Crippen LogP contribution is -2.40. The van der Waals surface area contributed by atoms with E-state index in [4.69, 9.17) is 0 Å². The fourth-order valence-corrected chi connectivity index (χ4v) is 3.34. The van der Waals surface area contributed by atoms with Gasteiger partial charge in [0.25, 0.3) is 0 Å². The van der Waals surface area contributed by atoms with Crippen molar-refractivity contribution < 1.29 is 13.6 Å². The maximum Gasteiger partial charge on any atom is 0.243 e. The van der Waals surface area contributed by atoms with Crippen LogP contribution in [0.4, 0.5) is 8.78 Å². The third-order valence-corrected chi connectivity index (χ3v) is 4.81. The van der Waals surface area contributed by atoms with Crippen LogP contribution in [0.1, 0.15) is 19.0 Å². The Morgan fingerprint density at radius 1 is 1.50 bits per heavy atom. The molecule has 0 radical (unpaired) electrons. The number of nitrogens with one attached hydrogen (secondary N) is 1. The lowest BCUT2D eigenvalue weighted by Gasteiger charge is -2.25. The van der Waals surface area contributed by atoms with Crippen molar-refractivity contribution in [1.29, 1.82) is 5.26 Å². The van der Waals surface area contributed by atoms with Gasteiger partial charge in [0.1, 0.15) is 6.04 Å². The number of likely N-dealkylation sites (N-methyl/N-ethyl adjacent to an activating group) is 1. The van der Waals surface area contributed by atoms with Gasteiger partial charge < -0.3 is 14.8 Å². The van der Waals surface area contributed by atoms with E-state index in [1.165, 1.54) is 12.1 Å². The van der Waals surface area contributed by atoms with Crippen LogP contribution in [0.15, 0.2) is 24.8 Å². The van der Waals surface area contributed by atoms with Crippen molar-refractivity contribution in [3.8, 4) is 6.07 Å². The first-order valence-corrected chi connectivity index (χ1v) is 8.38. The Bertz CT molecular complexity index is 914. The van der Waals surface area contributed by atoms with Crippen LogP contribution in [-0.4, -0.2) is 46.9 Å². The van der Waals surface area contributed by atoms with E-state index < -0.39 is 17.7 Å². The van der Waals surface area contributed by atoms with Gasteiger partial charge in [0.15, 0.2) is 11.6 Å². The Kier molecular flexibility index (Phi) is 4.68. The molecule has 1 amide bonds. The molecule has 136 valence electrons. The molecule has 2 atom stereocenters. The molecule has 1 aromatic heterocycles. The molecule has 1 fully saturated rings. The van der Waals surface area contributed by atoms with Crippen LogP contribution in [-0.2, 0) is 4.79 Å². The molecule has 1 aromatic carbocycles. The molecule has 3 rings (SSSR count). The molecule has 0 spiro atoms. The van der Waals surface area contributed by atoms with Gasteiger partial charge in [-0.15, -0.1) is 0 Å². The van der Waals surface area contributed by atoms with Gasteiger partial charge in [0.05, 0.1) is 24.0 Å². The average molecular weight is 358 g/mol. The van der Waals surface area contributed by atoms with Crippen LogP contribution in [0, 0.1) is 28.9 Å². The van der Waals surface area contributed by atoms with Gasteiger partial charge in [0, 0.05) is 24.5 Å². The molecular weight excluding hydrogens is 338 g/mol. The Morgan fingerprint density at radius 2 is 2.23 bits per heavy atom. The van der Waals surface area contributed by atoms with Gasteiger partial charge in [-0.3, -0.25) is 4.79 Å². The van der Waals surface area contributed by atoms with E-state index in [9.17, 15) is 18.8 Å². The van der Waals surface area contributed by atoms with Gasteiger partial charge in [-0.1, -0.05) is 13.5 Å². The van der Waals surface area contributed by atoms with Crippen molar-refractivity contribution in [2.75, 3.05) is 20.1 Å². The monoisotopic (exact) mass is 358 g/mol. The number of aromatic amines is 1. The van der Waals surface area contributed by atoms with E-state index in [0.717, 1.165) is 6.07 Å². The second-order valence-corrected chi connectivity index (χ2v) is 6.84. The standard InChI is InChI=1S/C19H20F2N4O/c1-11-6-13(8-22)25(9-11)18(26)10-24(3)12(2)17-7-14-16(23-17)5-4-15(20)19(14)21/h4-5,7,11,13,23H,2,6,9-10H2,1,3H3. The third kappa shape index (κ3) is 3.15. The number of nitrogens with zero attached hydrogens (tertiary/aromatic N) is 3. The predicted octanol–water partition coefficient (Wildman–Crippen LogP) is 3.11. The molecule has 0 bridgehead atoms. The number of carbonyl (C=O) groups is 1. The third-order valence-electron chi connectivity index (χ3n) is 4.81. The predicted molar refractivity (Wildman–Crippen MR) is 94.8 cm³/mol. The van der Waals surface area contributed by atoms with Gasteiger partial charge in [-0.25, -0.2) is 8.78 Å². The molecule has 1 N–H and O–H groups in total. The quantitative estimate of drug-likeness (QED) is 0.913. The molecular formula is C19H20F2N4O. The summed E-state index contributed by atoms with van der Waals surface area (Å²) in [6.07, 6.45) is 0.680. The lowest BCUT2D eigenvalue weighted by molar-refractivity contribution is -0.131. The number of benzene rings is 1. The summed E-state index contributed by atoms with van der Waals surface area (Å²) in [5, 5.41) is 9.35. The van der Waals surface area contributed by atoms with Crippen LogP contribution in [0.25, 0.3) is 16.6 Å². The Balaban J connectivity index is 1.75.